The van der Waals surface area contributed by atoms with Gasteiger partial charge in [0.15, 0.2) is 0 Å². The maximum atomic E-state index is 10.0. The lowest BCUT2D eigenvalue weighted by atomic mass is 10.1. The lowest BCUT2D eigenvalue weighted by Gasteiger charge is -1.99. The van der Waals surface area contributed by atoms with Crippen LogP contribution in [-0.4, -0.2) is 23.2 Å². The second-order valence-electron chi connectivity index (χ2n) is 2.36. The number of isocyanates is 1. The molecule has 1 N–H and O–H groups in total. The molecule has 1 atom stereocenters. The number of nitrogens with zero attached hydrogens (tertiary/aromatic N) is 1. The highest BCUT2D eigenvalue weighted by Gasteiger charge is 2.01. The van der Waals surface area contributed by atoms with E-state index in [-0.39, 0.29) is 12.5 Å². The first-order chi connectivity index (χ1) is 5.16. The standard InChI is InChI=1S/C7H11NO3/c1-6(8-5-9)3-2-4-7(10)11/h6H,2-4H2,1H3,(H,10,11). The molecule has 0 bridgehead atoms. The van der Waals surface area contributed by atoms with Crippen LogP contribution in [0.4, 0.5) is 0 Å². The molecule has 0 rings (SSSR count). The summed E-state index contributed by atoms with van der Waals surface area (Å²) in [5.74, 6) is -0.813. The third-order valence-corrected chi connectivity index (χ3v) is 1.29. The van der Waals surface area contributed by atoms with Gasteiger partial charge in [-0.2, -0.15) is 0 Å². The van der Waals surface area contributed by atoms with Gasteiger partial charge in [-0.25, -0.2) is 9.79 Å². The van der Waals surface area contributed by atoms with E-state index in [2.05, 4.69) is 4.99 Å². The number of hydrogen-bond acceptors (Lipinski definition) is 3. The van der Waals surface area contributed by atoms with Crippen molar-refractivity contribution >= 4 is 12.0 Å². The average Bonchev–Trinajstić information content (AvgIpc) is 1.87. The minimum atomic E-state index is -0.813. The Hall–Kier alpha value is -1.15. The van der Waals surface area contributed by atoms with Crippen LogP contribution in [0.5, 0.6) is 0 Å². The molecule has 0 spiro atoms. The van der Waals surface area contributed by atoms with E-state index in [1.165, 1.54) is 6.08 Å². The quantitative estimate of drug-likeness (QED) is 0.477. The minimum Gasteiger partial charge on any atom is -0.481 e. The molecular formula is C7H11NO3. The lowest BCUT2D eigenvalue weighted by Crippen LogP contribution is -2.00. The molecule has 62 valence electrons. The topological polar surface area (TPSA) is 66.7 Å². The van der Waals surface area contributed by atoms with E-state index in [0.717, 1.165) is 0 Å². The minimum absolute atomic E-state index is 0.105. The highest BCUT2D eigenvalue weighted by Crippen LogP contribution is 2.02. The molecule has 0 fully saturated rings. The van der Waals surface area contributed by atoms with Gasteiger partial charge in [0.25, 0.3) is 0 Å². The average molecular weight is 157 g/mol. The smallest absolute Gasteiger partial charge is 0.303 e. The summed E-state index contributed by atoms with van der Waals surface area (Å²) in [4.78, 5) is 23.2. The second-order valence-corrected chi connectivity index (χ2v) is 2.36. The molecule has 0 aromatic heterocycles. The number of aliphatic imine (C=N–C) groups is 1. The zero-order valence-corrected chi connectivity index (χ0v) is 6.41. The highest BCUT2D eigenvalue weighted by atomic mass is 16.4. The van der Waals surface area contributed by atoms with Gasteiger partial charge in [0.2, 0.25) is 6.08 Å². The van der Waals surface area contributed by atoms with Gasteiger partial charge in [-0.3, -0.25) is 4.79 Å². The Bertz CT molecular complexity index is 173. The first-order valence-corrected chi connectivity index (χ1v) is 3.45. The Morgan fingerprint density at radius 3 is 2.82 bits per heavy atom. The van der Waals surface area contributed by atoms with E-state index < -0.39 is 5.97 Å². The summed E-state index contributed by atoms with van der Waals surface area (Å²) in [5, 5.41) is 8.25. The molecule has 4 heteroatoms. The first-order valence-electron chi connectivity index (χ1n) is 3.45. The van der Waals surface area contributed by atoms with Crippen molar-refractivity contribution in [1.82, 2.24) is 0 Å². The Morgan fingerprint density at radius 2 is 2.36 bits per heavy atom. The Morgan fingerprint density at radius 1 is 1.73 bits per heavy atom. The molecule has 1 unspecified atom stereocenters. The van der Waals surface area contributed by atoms with E-state index in [1.807, 2.05) is 0 Å². The first kappa shape index (κ1) is 9.85. The van der Waals surface area contributed by atoms with Gasteiger partial charge in [-0.1, -0.05) is 0 Å². The highest BCUT2D eigenvalue weighted by molar-refractivity contribution is 5.66. The van der Waals surface area contributed by atoms with Gasteiger partial charge < -0.3 is 5.11 Å². The summed E-state index contributed by atoms with van der Waals surface area (Å²) in [6.07, 6.45) is 2.75. The van der Waals surface area contributed by atoms with Crippen LogP contribution >= 0.6 is 0 Å². The van der Waals surface area contributed by atoms with E-state index in [9.17, 15) is 9.59 Å². The molecule has 0 aliphatic carbocycles. The third-order valence-electron chi connectivity index (χ3n) is 1.29. The molecule has 4 nitrogen and oxygen atoms in total. The molecule has 0 saturated carbocycles. The van der Waals surface area contributed by atoms with Crippen molar-refractivity contribution in [2.45, 2.75) is 32.2 Å². The Balaban J connectivity index is 3.38. The second kappa shape index (κ2) is 5.62. The molecule has 0 saturated heterocycles. The number of aliphatic carboxylic acids is 1. The van der Waals surface area contributed by atoms with E-state index in [4.69, 9.17) is 5.11 Å². The maximum Gasteiger partial charge on any atom is 0.303 e. The zero-order valence-electron chi connectivity index (χ0n) is 6.41. The number of carbonyl (C=O) groups excluding carboxylic acids is 1. The van der Waals surface area contributed by atoms with Crippen LogP contribution in [-0.2, 0) is 9.59 Å². The van der Waals surface area contributed by atoms with E-state index in [1.54, 1.807) is 6.92 Å². The van der Waals surface area contributed by atoms with Crippen molar-refractivity contribution in [2.75, 3.05) is 0 Å². The Kier molecular flexibility index (Phi) is 5.03. The van der Waals surface area contributed by atoms with Crippen molar-refractivity contribution in [3.63, 3.8) is 0 Å². The van der Waals surface area contributed by atoms with E-state index >= 15 is 0 Å². The number of carboxylic acid groups (broad SMARTS) is 1. The van der Waals surface area contributed by atoms with Crippen LogP contribution in [0, 0.1) is 0 Å². The van der Waals surface area contributed by atoms with Crippen LogP contribution in [0.2, 0.25) is 0 Å². The molecule has 0 aliphatic rings. The summed E-state index contributed by atoms with van der Waals surface area (Å²) in [6.45, 7) is 1.76. The van der Waals surface area contributed by atoms with Crippen molar-refractivity contribution < 1.29 is 14.7 Å². The van der Waals surface area contributed by atoms with Gasteiger partial charge in [-0.15, -0.1) is 0 Å². The van der Waals surface area contributed by atoms with Crippen molar-refractivity contribution in [3.05, 3.63) is 0 Å². The molecule has 0 aromatic rings. The summed E-state index contributed by atoms with van der Waals surface area (Å²) >= 11 is 0. The fraction of sp³-hybridized carbons (Fsp3) is 0.714. The van der Waals surface area contributed by atoms with Crippen LogP contribution in [0.1, 0.15) is 26.2 Å². The molecule has 11 heavy (non-hydrogen) atoms. The van der Waals surface area contributed by atoms with Gasteiger partial charge in [-0.05, 0) is 19.8 Å². The monoisotopic (exact) mass is 157 g/mol. The SMILES string of the molecule is CC(CCCC(=O)O)N=C=O. The number of rotatable bonds is 5. The number of hydrogen-bond donors (Lipinski definition) is 1. The molecule has 0 aliphatic heterocycles. The van der Waals surface area contributed by atoms with Crippen LogP contribution in [0.3, 0.4) is 0 Å². The van der Waals surface area contributed by atoms with Crippen molar-refractivity contribution in [3.8, 4) is 0 Å². The van der Waals surface area contributed by atoms with Gasteiger partial charge >= 0.3 is 5.97 Å². The summed E-state index contributed by atoms with van der Waals surface area (Å²) in [5.41, 5.74) is 0. The largest absolute Gasteiger partial charge is 0.481 e. The molecule has 0 radical (unpaired) electrons. The predicted molar refractivity (Wildman–Crippen MR) is 39.1 cm³/mol. The van der Waals surface area contributed by atoms with Crippen molar-refractivity contribution in [1.29, 1.82) is 0 Å². The Labute approximate surface area is 64.9 Å². The number of carboxylic acids is 1. The summed E-state index contributed by atoms with van der Waals surface area (Å²) in [6, 6.07) is -0.105. The van der Waals surface area contributed by atoms with Crippen LogP contribution in [0.25, 0.3) is 0 Å². The predicted octanol–water partition coefficient (Wildman–Crippen LogP) is 0.966. The summed E-state index contributed by atoms with van der Waals surface area (Å²) in [7, 11) is 0. The molecule has 0 heterocycles. The maximum absolute atomic E-state index is 10.0. The van der Waals surface area contributed by atoms with Gasteiger partial charge in [0.1, 0.15) is 0 Å². The lowest BCUT2D eigenvalue weighted by molar-refractivity contribution is -0.137. The van der Waals surface area contributed by atoms with Crippen molar-refractivity contribution in [2.24, 2.45) is 4.99 Å². The normalized spacial score (nSPS) is 11.7. The van der Waals surface area contributed by atoms with Crippen LogP contribution < -0.4 is 0 Å². The number of carbonyl (C=O) groups is 1. The van der Waals surface area contributed by atoms with Crippen LogP contribution in [0.15, 0.2) is 4.99 Å². The zero-order chi connectivity index (χ0) is 8.69. The van der Waals surface area contributed by atoms with E-state index in [0.29, 0.717) is 12.8 Å². The molecule has 0 aromatic carbocycles. The fourth-order valence-corrected chi connectivity index (χ4v) is 0.703. The molecule has 0 amide bonds. The van der Waals surface area contributed by atoms with Gasteiger partial charge in [0.05, 0.1) is 6.04 Å². The fourth-order valence-electron chi connectivity index (χ4n) is 0.703. The summed E-state index contributed by atoms with van der Waals surface area (Å²) < 4.78 is 0. The van der Waals surface area contributed by atoms with Gasteiger partial charge in [0, 0.05) is 6.42 Å². The third kappa shape index (κ3) is 6.74. The molecular weight excluding hydrogens is 146 g/mol.